The molecular formula is C11H22. The molecule has 0 aromatic rings. The molecule has 11 heavy (non-hydrogen) atoms. The van der Waals surface area contributed by atoms with Crippen molar-refractivity contribution in [1.29, 1.82) is 0 Å². The number of rotatable bonds is 4. The fourth-order valence-corrected chi connectivity index (χ4v) is 2.52. The SMILES string of the molecule is CCCC(C)C1CCC1CC. The maximum absolute atomic E-state index is 2.44. The van der Waals surface area contributed by atoms with E-state index in [1.54, 1.807) is 0 Å². The van der Waals surface area contributed by atoms with Crippen LogP contribution in [0.2, 0.25) is 0 Å². The monoisotopic (exact) mass is 154 g/mol. The number of hydrogen-bond acceptors (Lipinski definition) is 0. The fourth-order valence-electron chi connectivity index (χ4n) is 2.52. The van der Waals surface area contributed by atoms with Crippen LogP contribution in [0.15, 0.2) is 0 Å². The third-order valence-electron chi connectivity index (χ3n) is 3.48. The predicted molar refractivity (Wildman–Crippen MR) is 50.6 cm³/mol. The first-order chi connectivity index (χ1) is 5.29. The lowest BCUT2D eigenvalue weighted by molar-refractivity contribution is 0.103. The van der Waals surface area contributed by atoms with E-state index in [1.807, 2.05) is 0 Å². The lowest BCUT2D eigenvalue weighted by atomic mass is 9.65. The van der Waals surface area contributed by atoms with Gasteiger partial charge in [0.15, 0.2) is 0 Å². The van der Waals surface area contributed by atoms with Crippen LogP contribution < -0.4 is 0 Å². The van der Waals surface area contributed by atoms with Crippen molar-refractivity contribution in [1.82, 2.24) is 0 Å². The Morgan fingerprint density at radius 3 is 2.36 bits per heavy atom. The van der Waals surface area contributed by atoms with Gasteiger partial charge in [-0.3, -0.25) is 0 Å². The molecule has 1 aliphatic carbocycles. The van der Waals surface area contributed by atoms with Crippen molar-refractivity contribution in [3.8, 4) is 0 Å². The van der Waals surface area contributed by atoms with E-state index in [9.17, 15) is 0 Å². The summed E-state index contributed by atoms with van der Waals surface area (Å²) >= 11 is 0. The summed E-state index contributed by atoms with van der Waals surface area (Å²) in [5.41, 5.74) is 0. The van der Waals surface area contributed by atoms with Gasteiger partial charge in [-0.25, -0.2) is 0 Å². The highest BCUT2D eigenvalue weighted by Gasteiger charge is 2.32. The van der Waals surface area contributed by atoms with E-state index in [1.165, 1.54) is 32.1 Å². The zero-order valence-electron chi connectivity index (χ0n) is 8.27. The molecule has 1 fully saturated rings. The molecule has 0 heterocycles. The Labute approximate surface area is 71.4 Å². The molecule has 0 aromatic carbocycles. The average Bonchev–Trinajstić information content (AvgIpc) is 1.86. The van der Waals surface area contributed by atoms with Crippen LogP contribution in [0, 0.1) is 17.8 Å². The van der Waals surface area contributed by atoms with E-state index in [0.717, 1.165) is 17.8 Å². The van der Waals surface area contributed by atoms with Crippen molar-refractivity contribution in [3.05, 3.63) is 0 Å². The quantitative estimate of drug-likeness (QED) is 0.577. The van der Waals surface area contributed by atoms with Gasteiger partial charge in [-0.15, -0.1) is 0 Å². The molecule has 0 amide bonds. The Kier molecular flexibility index (Phi) is 3.42. The third kappa shape index (κ3) is 1.98. The van der Waals surface area contributed by atoms with E-state index in [-0.39, 0.29) is 0 Å². The molecule has 3 atom stereocenters. The molecule has 0 N–H and O–H groups in total. The standard InChI is InChI=1S/C11H22/c1-4-6-9(3)11-8-7-10(11)5-2/h9-11H,4-8H2,1-3H3. The highest BCUT2D eigenvalue weighted by atomic mass is 14.4. The summed E-state index contributed by atoms with van der Waals surface area (Å²) in [6, 6.07) is 0. The molecular weight excluding hydrogens is 132 g/mol. The van der Waals surface area contributed by atoms with Gasteiger partial charge in [-0.05, 0) is 30.6 Å². The summed E-state index contributed by atoms with van der Waals surface area (Å²) in [5, 5.41) is 0. The molecule has 0 nitrogen and oxygen atoms in total. The summed E-state index contributed by atoms with van der Waals surface area (Å²) in [6.07, 6.45) is 7.25. The molecule has 1 saturated carbocycles. The van der Waals surface area contributed by atoms with E-state index in [0.29, 0.717) is 0 Å². The van der Waals surface area contributed by atoms with Gasteiger partial charge in [0.05, 0.1) is 0 Å². The zero-order chi connectivity index (χ0) is 8.27. The first kappa shape index (κ1) is 9.09. The fraction of sp³-hybridized carbons (Fsp3) is 1.00. The Balaban J connectivity index is 2.24. The molecule has 0 saturated heterocycles. The van der Waals surface area contributed by atoms with Crippen molar-refractivity contribution >= 4 is 0 Å². The van der Waals surface area contributed by atoms with E-state index in [2.05, 4.69) is 20.8 Å². The van der Waals surface area contributed by atoms with Crippen LogP contribution >= 0.6 is 0 Å². The minimum atomic E-state index is 0.999. The van der Waals surface area contributed by atoms with Gasteiger partial charge < -0.3 is 0 Å². The van der Waals surface area contributed by atoms with E-state index in [4.69, 9.17) is 0 Å². The Morgan fingerprint density at radius 1 is 1.27 bits per heavy atom. The highest BCUT2D eigenvalue weighted by Crippen LogP contribution is 2.42. The summed E-state index contributed by atoms with van der Waals surface area (Å²) in [4.78, 5) is 0. The van der Waals surface area contributed by atoms with Gasteiger partial charge >= 0.3 is 0 Å². The molecule has 0 bridgehead atoms. The van der Waals surface area contributed by atoms with Crippen LogP contribution in [0.25, 0.3) is 0 Å². The molecule has 0 aliphatic heterocycles. The van der Waals surface area contributed by atoms with Crippen molar-refractivity contribution < 1.29 is 0 Å². The Bertz CT molecular complexity index is 105. The van der Waals surface area contributed by atoms with Crippen molar-refractivity contribution in [2.24, 2.45) is 17.8 Å². The maximum atomic E-state index is 2.44. The van der Waals surface area contributed by atoms with Crippen LogP contribution in [0.3, 0.4) is 0 Å². The van der Waals surface area contributed by atoms with Gasteiger partial charge in [0.1, 0.15) is 0 Å². The van der Waals surface area contributed by atoms with Gasteiger partial charge in [-0.1, -0.05) is 40.0 Å². The molecule has 1 aliphatic rings. The normalized spacial score (nSPS) is 33.0. The minimum absolute atomic E-state index is 0.999. The van der Waals surface area contributed by atoms with E-state index < -0.39 is 0 Å². The first-order valence-electron chi connectivity index (χ1n) is 5.29. The van der Waals surface area contributed by atoms with Crippen LogP contribution in [-0.4, -0.2) is 0 Å². The molecule has 66 valence electrons. The maximum Gasteiger partial charge on any atom is -0.0360 e. The molecule has 1 rings (SSSR count). The van der Waals surface area contributed by atoms with Gasteiger partial charge in [-0.2, -0.15) is 0 Å². The van der Waals surface area contributed by atoms with Gasteiger partial charge in [0, 0.05) is 0 Å². The Morgan fingerprint density at radius 2 is 2.00 bits per heavy atom. The second-order valence-electron chi connectivity index (χ2n) is 4.18. The second kappa shape index (κ2) is 4.13. The van der Waals surface area contributed by atoms with Gasteiger partial charge in [0.25, 0.3) is 0 Å². The topological polar surface area (TPSA) is 0 Å². The minimum Gasteiger partial charge on any atom is -0.0654 e. The van der Waals surface area contributed by atoms with Crippen LogP contribution in [0.1, 0.15) is 52.9 Å². The smallest absolute Gasteiger partial charge is 0.0360 e. The molecule has 0 spiro atoms. The zero-order valence-corrected chi connectivity index (χ0v) is 8.27. The first-order valence-corrected chi connectivity index (χ1v) is 5.29. The third-order valence-corrected chi connectivity index (χ3v) is 3.48. The van der Waals surface area contributed by atoms with Crippen molar-refractivity contribution in [3.63, 3.8) is 0 Å². The molecule has 0 radical (unpaired) electrons. The molecule has 0 aromatic heterocycles. The summed E-state index contributed by atoms with van der Waals surface area (Å²) in [7, 11) is 0. The van der Waals surface area contributed by atoms with E-state index >= 15 is 0 Å². The summed E-state index contributed by atoms with van der Waals surface area (Å²) in [5.74, 6) is 3.16. The van der Waals surface area contributed by atoms with Crippen molar-refractivity contribution in [2.75, 3.05) is 0 Å². The highest BCUT2D eigenvalue weighted by molar-refractivity contribution is 4.82. The lowest BCUT2D eigenvalue weighted by Gasteiger charge is -2.40. The van der Waals surface area contributed by atoms with Crippen LogP contribution in [0.4, 0.5) is 0 Å². The predicted octanol–water partition coefficient (Wildman–Crippen LogP) is 3.86. The summed E-state index contributed by atoms with van der Waals surface area (Å²) < 4.78 is 0. The number of hydrogen-bond donors (Lipinski definition) is 0. The lowest BCUT2D eigenvalue weighted by Crippen LogP contribution is -2.30. The van der Waals surface area contributed by atoms with Crippen LogP contribution in [-0.2, 0) is 0 Å². The van der Waals surface area contributed by atoms with Gasteiger partial charge in [0.2, 0.25) is 0 Å². The largest absolute Gasteiger partial charge is 0.0654 e. The van der Waals surface area contributed by atoms with Crippen molar-refractivity contribution in [2.45, 2.75) is 52.9 Å². The average molecular weight is 154 g/mol. The molecule has 3 unspecified atom stereocenters. The molecule has 0 heteroatoms. The summed E-state index contributed by atoms with van der Waals surface area (Å²) in [6.45, 7) is 7.08. The second-order valence-corrected chi connectivity index (χ2v) is 4.18. The Hall–Kier alpha value is 0. The van der Waals surface area contributed by atoms with Crippen LogP contribution in [0.5, 0.6) is 0 Å².